The average molecular weight is 304 g/mol. The summed E-state index contributed by atoms with van der Waals surface area (Å²) in [6.45, 7) is 5.10. The maximum atomic E-state index is 12.0. The van der Waals surface area contributed by atoms with Crippen LogP contribution in [0.2, 0.25) is 0 Å². The highest BCUT2D eigenvalue weighted by Gasteiger charge is 2.66. The van der Waals surface area contributed by atoms with Crippen molar-refractivity contribution in [3.63, 3.8) is 0 Å². The van der Waals surface area contributed by atoms with E-state index in [-0.39, 0.29) is 12.2 Å². The Morgan fingerprint density at radius 1 is 1.18 bits per heavy atom. The number of rotatable bonds is 4. The maximum absolute atomic E-state index is 12.0. The highest BCUT2D eigenvalue weighted by Crippen LogP contribution is 2.70. The van der Waals surface area contributed by atoms with E-state index in [1.165, 1.54) is 25.7 Å². The zero-order chi connectivity index (χ0) is 15.5. The Balaban J connectivity index is 1.42. The number of ether oxygens (including phenoxy) is 2. The van der Waals surface area contributed by atoms with E-state index in [0.717, 1.165) is 42.1 Å². The van der Waals surface area contributed by atoms with Gasteiger partial charge in [-0.15, -0.1) is 0 Å². The molecule has 5 unspecified atom stereocenters. The van der Waals surface area contributed by atoms with E-state index < -0.39 is 11.9 Å². The van der Waals surface area contributed by atoms with Gasteiger partial charge in [0.15, 0.2) is 6.61 Å². The molecule has 4 saturated carbocycles. The number of hydrogen-bond donors (Lipinski definition) is 0. The third-order valence-corrected chi connectivity index (χ3v) is 6.91. The van der Waals surface area contributed by atoms with Gasteiger partial charge in [-0.1, -0.05) is 6.58 Å². The Hall–Kier alpha value is -1.32. The largest absolute Gasteiger partial charge is 0.457 e. The number of fused-ring (bicyclic) bond motifs is 9. The molecule has 120 valence electrons. The highest BCUT2D eigenvalue weighted by atomic mass is 16.6. The third kappa shape index (κ3) is 1.95. The fourth-order valence-electron chi connectivity index (χ4n) is 6.46. The van der Waals surface area contributed by atoms with Crippen LogP contribution in [-0.4, -0.2) is 24.1 Å². The van der Waals surface area contributed by atoms with Crippen LogP contribution in [0.1, 0.15) is 39.0 Å². The first kappa shape index (κ1) is 14.3. The van der Waals surface area contributed by atoms with Crippen molar-refractivity contribution < 1.29 is 19.1 Å². The Kier molecular flexibility index (Phi) is 3.14. The number of esters is 2. The normalized spacial score (nSPS) is 47.3. The molecule has 0 aromatic carbocycles. The summed E-state index contributed by atoms with van der Waals surface area (Å²) in [6.07, 6.45) is 7.47. The van der Waals surface area contributed by atoms with Crippen molar-refractivity contribution in [2.24, 2.45) is 35.5 Å². The average Bonchev–Trinajstić information content (AvgIpc) is 3.21. The van der Waals surface area contributed by atoms with Crippen LogP contribution in [-0.2, 0) is 19.1 Å². The monoisotopic (exact) mass is 304 g/mol. The van der Waals surface area contributed by atoms with Crippen LogP contribution in [0.15, 0.2) is 12.7 Å². The van der Waals surface area contributed by atoms with Crippen LogP contribution in [0.25, 0.3) is 0 Å². The Labute approximate surface area is 131 Å². The predicted molar refractivity (Wildman–Crippen MR) is 79.7 cm³/mol. The van der Waals surface area contributed by atoms with Crippen molar-refractivity contribution in [2.45, 2.75) is 44.6 Å². The maximum Gasteiger partial charge on any atom is 0.344 e. The highest BCUT2D eigenvalue weighted by molar-refractivity contribution is 5.83. The number of carbonyl (C=O) groups excluding carboxylic acids is 2. The van der Waals surface area contributed by atoms with Crippen LogP contribution < -0.4 is 0 Å². The Bertz CT molecular complexity index is 527. The second-order valence-electron chi connectivity index (χ2n) is 7.89. The fraction of sp³-hybridized carbons (Fsp3) is 0.778. The van der Waals surface area contributed by atoms with Crippen molar-refractivity contribution in [3.05, 3.63) is 12.7 Å². The van der Waals surface area contributed by atoms with Crippen LogP contribution in [0.3, 0.4) is 0 Å². The van der Waals surface area contributed by atoms with Crippen LogP contribution in [0.4, 0.5) is 0 Å². The van der Waals surface area contributed by atoms with Crippen molar-refractivity contribution in [2.75, 3.05) is 6.61 Å². The van der Waals surface area contributed by atoms with E-state index in [4.69, 9.17) is 9.47 Å². The lowest BCUT2D eigenvalue weighted by Crippen LogP contribution is -2.46. The minimum atomic E-state index is -0.580. The van der Waals surface area contributed by atoms with E-state index in [0.29, 0.717) is 5.92 Å². The Morgan fingerprint density at radius 3 is 2.64 bits per heavy atom. The summed E-state index contributed by atoms with van der Waals surface area (Å²) in [4.78, 5) is 23.1. The lowest BCUT2D eigenvalue weighted by atomic mass is 9.66. The van der Waals surface area contributed by atoms with Crippen molar-refractivity contribution in [1.82, 2.24) is 0 Å². The second kappa shape index (κ2) is 4.84. The molecule has 0 heterocycles. The smallest absolute Gasteiger partial charge is 0.344 e. The van der Waals surface area contributed by atoms with E-state index in [1.807, 2.05) is 0 Å². The standard InChI is InChI=1S/C18H24O4/c1-3-14(19)21-9-15(20)22-18(2)8-12-7-13(18)17-11-5-4-10(6-11)16(12)17/h3,10-13,16-17H,1,4-9H2,2H3/t10?,11-,12?,13+,16?,17?,18?/m1/s1. The van der Waals surface area contributed by atoms with E-state index in [1.54, 1.807) is 0 Å². The summed E-state index contributed by atoms with van der Waals surface area (Å²) in [5.74, 6) is 3.71. The van der Waals surface area contributed by atoms with Crippen molar-refractivity contribution in [1.29, 1.82) is 0 Å². The summed E-state index contributed by atoms with van der Waals surface area (Å²) in [5.41, 5.74) is -0.353. The van der Waals surface area contributed by atoms with Gasteiger partial charge in [0, 0.05) is 12.0 Å². The summed E-state index contributed by atoms with van der Waals surface area (Å²) >= 11 is 0. The van der Waals surface area contributed by atoms with Crippen LogP contribution in [0.5, 0.6) is 0 Å². The first-order chi connectivity index (χ1) is 10.5. The van der Waals surface area contributed by atoms with E-state index in [9.17, 15) is 9.59 Å². The van der Waals surface area contributed by atoms with Crippen LogP contribution in [0, 0.1) is 35.5 Å². The van der Waals surface area contributed by atoms with Crippen molar-refractivity contribution >= 4 is 11.9 Å². The quantitative estimate of drug-likeness (QED) is 0.455. The van der Waals surface area contributed by atoms with Gasteiger partial charge in [0.2, 0.25) is 0 Å². The summed E-state index contributed by atoms with van der Waals surface area (Å²) < 4.78 is 10.6. The first-order valence-electron chi connectivity index (χ1n) is 8.53. The molecule has 4 nitrogen and oxygen atoms in total. The van der Waals surface area contributed by atoms with Gasteiger partial charge in [-0.2, -0.15) is 0 Å². The van der Waals surface area contributed by atoms with Gasteiger partial charge in [0.25, 0.3) is 0 Å². The molecule has 0 saturated heterocycles. The molecular formula is C18H24O4. The zero-order valence-electron chi connectivity index (χ0n) is 13.1. The number of hydrogen-bond acceptors (Lipinski definition) is 4. The van der Waals surface area contributed by atoms with Gasteiger partial charge in [0.05, 0.1) is 0 Å². The van der Waals surface area contributed by atoms with Crippen molar-refractivity contribution in [3.8, 4) is 0 Å². The van der Waals surface area contributed by atoms with E-state index in [2.05, 4.69) is 13.5 Å². The topological polar surface area (TPSA) is 52.6 Å². The van der Waals surface area contributed by atoms with E-state index >= 15 is 0 Å². The molecule has 4 bridgehead atoms. The molecule has 7 atom stereocenters. The molecule has 0 amide bonds. The van der Waals surface area contributed by atoms with Gasteiger partial charge >= 0.3 is 11.9 Å². The molecule has 0 aromatic rings. The van der Waals surface area contributed by atoms with Gasteiger partial charge in [-0.05, 0) is 68.6 Å². The fourth-order valence-corrected chi connectivity index (χ4v) is 6.46. The number of carbonyl (C=O) groups is 2. The molecule has 0 aliphatic heterocycles. The first-order valence-corrected chi connectivity index (χ1v) is 8.53. The molecular weight excluding hydrogens is 280 g/mol. The van der Waals surface area contributed by atoms with Gasteiger partial charge in [0.1, 0.15) is 5.60 Å². The second-order valence-corrected chi connectivity index (χ2v) is 7.89. The van der Waals surface area contributed by atoms with Crippen LogP contribution >= 0.6 is 0 Å². The summed E-state index contributed by atoms with van der Waals surface area (Å²) in [5, 5.41) is 0. The molecule has 0 N–H and O–H groups in total. The minimum Gasteiger partial charge on any atom is -0.457 e. The molecule has 0 spiro atoms. The molecule has 4 rings (SSSR count). The zero-order valence-corrected chi connectivity index (χ0v) is 13.1. The third-order valence-electron chi connectivity index (χ3n) is 6.91. The van der Waals surface area contributed by atoms with Gasteiger partial charge < -0.3 is 9.47 Å². The lowest BCUT2D eigenvalue weighted by molar-refractivity contribution is -0.176. The SMILES string of the molecule is C=CC(=O)OCC(=O)OC1(C)CC2C[C@H]1C1C2C2CC[C@@H]1C2. The molecule has 4 heteroatoms. The van der Waals surface area contributed by atoms with Gasteiger partial charge in [-0.3, -0.25) is 0 Å². The molecule has 0 radical (unpaired) electrons. The summed E-state index contributed by atoms with van der Waals surface area (Å²) in [6, 6.07) is 0. The Morgan fingerprint density at radius 2 is 1.91 bits per heavy atom. The molecule has 22 heavy (non-hydrogen) atoms. The molecule has 4 aliphatic rings. The molecule has 4 aliphatic carbocycles. The minimum absolute atomic E-state index is 0.308. The molecule has 4 fully saturated rings. The summed E-state index contributed by atoms with van der Waals surface area (Å²) in [7, 11) is 0. The van der Waals surface area contributed by atoms with Gasteiger partial charge in [-0.25, -0.2) is 9.59 Å². The molecule has 0 aromatic heterocycles. The predicted octanol–water partition coefficient (Wildman–Crippen LogP) is 2.72. The lowest BCUT2D eigenvalue weighted by Gasteiger charge is -2.44.